The molecule has 2 atom stereocenters. The number of piperidine rings is 1. The molecule has 1 heterocycles. The molecule has 1 aliphatic rings. The second-order valence-corrected chi connectivity index (χ2v) is 5.89. The van der Waals surface area contributed by atoms with E-state index in [-0.39, 0.29) is 0 Å². The smallest absolute Gasteiger partial charge is 0.00952 e. The summed E-state index contributed by atoms with van der Waals surface area (Å²) in [4.78, 5) is 2.77. The fourth-order valence-electron chi connectivity index (χ4n) is 2.92. The molecule has 0 bridgehead atoms. The van der Waals surface area contributed by atoms with Gasteiger partial charge in [0, 0.05) is 17.9 Å². The lowest BCUT2D eigenvalue weighted by atomic mass is 9.96. The summed E-state index contributed by atoms with van der Waals surface area (Å²) < 4.78 is 0. The number of hydrogen-bond donors (Lipinski definition) is 0. The van der Waals surface area contributed by atoms with Gasteiger partial charge in [-0.25, -0.2) is 0 Å². The van der Waals surface area contributed by atoms with E-state index in [0.717, 1.165) is 12.0 Å². The largest absolute Gasteiger partial charge is 0.300 e. The van der Waals surface area contributed by atoms with E-state index in [2.05, 4.69) is 34.7 Å². The van der Waals surface area contributed by atoms with Crippen LogP contribution in [0.1, 0.15) is 58.8 Å². The minimum atomic E-state index is 0.863. The van der Waals surface area contributed by atoms with Crippen LogP contribution < -0.4 is 0 Å². The SMILES string of the molecule is CCCC(CBr)CN1CCCCC1CCC. The van der Waals surface area contributed by atoms with E-state index in [4.69, 9.17) is 0 Å². The van der Waals surface area contributed by atoms with E-state index in [1.54, 1.807) is 0 Å². The Bertz CT molecular complexity index is 170. The van der Waals surface area contributed by atoms with Gasteiger partial charge in [-0.05, 0) is 38.1 Å². The Balaban J connectivity index is 2.40. The topological polar surface area (TPSA) is 3.24 Å². The van der Waals surface area contributed by atoms with Crippen molar-refractivity contribution in [2.45, 2.75) is 64.8 Å². The molecule has 0 spiro atoms. The number of halogens is 1. The standard InChI is InChI=1S/C14H28BrN/c1-3-7-13(11-15)12-16-10-6-5-9-14(16)8-4-2/h13-14H,3-12H2,1-2H3. The molecule has 96 valence electrons. The third-order valence-corrected chi connectivity index (χ3v) is 4.69. The normalized spacial score (nSPS) is 24.6. The predicted molar refractivity (Wildman–Crippen MR) is 76.3 cm³/mol. The Labute approximate surface area is 110 Å². The summed E-state index contributed by atoms with van der Waals surface area (Å²) in [5.74, 6) is 0.863. The van der Waals surface area contributed by atoms with Crippen LogP contribution in [-0.2, 0) is 0 Å². The van der Waals surface area contributed by atoms with Gasteiger partial charge in [-0.3, -0.25) is 0 Å². The highest BCUT2D eigenvalue weighted by molar-refractivity contribution is 9.09. The van der Waals surface area contributed by atoms with Crippen LogP contribution in [-0.4, -0.2) is 29.4 Å². The Morgan fingerprint density at radius 3 is 2.69 bits per heavy atom. The summed E-state index contributed by atoms with van der Waals surface area (Å²) >= 11 is 3.68. The first-order chi connectivity index (χ1) is 7.81. The van der Waals surface area contributed by atoms with E-state index in [1.165, 1.54) is 63.4 Å². The third-order valence-electron chi connectivity index (χ3n) is 3.78. The van der Waals surface area contributed by atoms with Gasteiger partial charge < -0.3 is 4.90 Å². The first-order valence-corrected chi connectivity index (χ1v) is 8.23. The van der Waals surface area contributed by atoms with Gasteiger partial charge >= 0.3 is 0 Å². The lowest BCUT2D eigenvalue weighted by Gasteiger charge is -2.37. The average molecular weight is 290 g/mol. The first kappa shape index (κ1) is 14.5. The summed E-state index contributed by atoms with van der Waals surface area (Å²) in [5.41, 5.74) is 0. The lowest BCUT2D eigenvalue weighted by Crippen LogP contribution is -2.42. The van der Waals surface area contributed by atoms with Crippen LogP contribution in [0.2, 0.25) is 0 Å². The molecule has 0 N–H and O–H groups in total. The molecule has 2 unspecified atom stereocenters. The van der Waals surface area contributed by atoms with Crippen molar-refractivity contribution in [3.63, 3.8) is 0 Å². The van der Waals surface area contributed by atoms with Crippen molar-refractivity contribution < 1.29 is 0 Å². The zero-order valence-electron chi connectivity index (χ0n) is 11.1. The summed E-state index contributed by atoms with van der Waals surface area (Å²) in [6.07, 6.45) is 9.75. The molecular weight excluding hydrogens is 262 g/mol. The van der Waals surface area contributed by atoms with Crippen molar-refractivity contribution in [3.05, 3.63) is 0 Å². The van der Waals surface area contributed by atoms with Gasteiger partial charge in [0.05, 0.1) is 0 Å². The Morgan fingerprint density at radius 1 is 1.25 bits per heavy atom. The lowest BCUT2D eigenvalue weighted by molar-refractivity contribution is 0.120. The Kier molecular flexibility index (Phi) is 7.72. The fourth-order valence-corrected chi connectivity index (χ4v) is 3.45. The van der Waals surface area contributed by atoms with Crippen LogP contribution in [0.4, 0.5) is 0 Å². The molecule has 0 aliphatic carbocycles. The molecule has 1 fully saturated rings. The van der Waals surface area contributed by atoms with Gasteiger partial charge in [0.25, 0.3) is 0 Å². The highest BCUT2D eigenvalue weighted by Gasteiger charge is 2.23. The molecule has 16 heavy (non-hydrogen) atoms. The van der Waals surface area contributed by atoms with Gasteiger partial charge in [-0.1, -0.05) is 49.0 Å². The van der Waals surface area contributed by atoms with Crippen LogP contribution in [0.3, 0.4) is 0 Å². The van der Waals surface area contributed by atoms with Crippen LogP contribution in [0.15, 0.2) is 0 Å². The molecule has 1 rings (SSSR count). The maximum Gasteiger partial charge on any atom is 0.00952 e. The average Bonchev–Trinajstić information content (AvgIpc) is 2.31. The molecule has 1 nitrogen and oxygen atoms in total. The van der Waals surface area contributed by atoms with Crippen molar-refractivity contribution in [1.82, 2.24) is 4.90 Å². The van der Waals surface area contributed by atoms with Crippen molar-refractivity contribution in [3.8, 4) is 0 Å². The van der Waals surface area contributed by atoms with E-state index >= 15 is 0 Å². The van der Waals surface area contributed by atoms with E-state index in [0.29, 0.717) is 0 Å². The number of nitrogens with zero attached hydrogens (tertiary/aromatic N) is 1. The number of likely N-dealkylation sites (tertiary alicyclic amines) is 1. The fraction of sp³-hybridized carbons (Fsp3) is 1.00. The number of hydrogen-bond acceptors (Lipinski definition) is 1. The zero-order valence-corrected chi connectivity index (χ0v) is 12.6. The monoisotopic (exact) mass is 289 g/mol. The third kappa shape index (κ3) is 4.75. The van der Waals surface area contributed by atoms with Crippen molar-refractivity contribution >= 4 is 15.9 Å². The van der Waals surface area contributed by atoms with Crippen LogP contribution in [0.25, 0.3) is 0 Å². The highest BCUT2D eigenvalue weighted by Crippen LogP contribution is 2.23. The molecule has 0 aromatic rings. The number of alkyl halides is 1. The minimum absolute atomic E-state index is 0.863. The van der Waals surface area contributed by atoms with Crippen molar-refractivity contribution in [2.24, 2.45) is 5.92 Å². The Hall–Kier alpha value is 0.440. The van der Waals surface area contributed by atoms with E-state index in [1.807, 2.05) is 0 Å². The quantitative estimate of drug-likeness (QED) is 0.626. The van der Waals surface area contributed by atoms with Gasteiger partial charge in [0.2, 0.25) is 0 Å². The molecule has 0 amide bonds. The van der Waals surface area contributed by atoms with Crippen molar-refractivity contribution in [1.29, 1.82) is 0 Å². The van der Waals surface area contributed by atoms with Crippen LogP contribution in [0, 0.1) is 5.92 Å². The molecule has 1 saturated heterocycles. The molecule has 0 saturated carbocycles. The van der Waals surface area contributed by atoms with Gasteiger partial charge in [0.15, 0.2) is 0 Å². The zero-order chi connectivity index (χ0) is 11.8. The number of rotatable bonds is 7. The first-order valence-electron chi connectivity index (χ1n) is 7.11. The summed E-state index contributed by atoms with van der Waals surface area (Å²) in [6.45, 7) is 7.29. The molecule has 0 aromatic carbocycles. The molecule has 0 aromatic heterocycles. The second kappa shape index (κ2) is 8.52. The molecular formula is C14H28BrN. The van der Waals surface area contributed by atoms with Gasteiger partial charge in [-0.2, -0.15) is 0 Å². The highest BCUT2D eigenvalue weighted by atomic mass is 79.9. The molecule has 0 radical (unpaired) electrons. The molecule has 1 aliphatic heterocycles. The summed E-state index contributed by atoms with van der Waals surface area (Å²) in [7, 11) is 0. The molecule has 2 heteroatoms. The maximum absolute atomic E-state index is 3.68. The predicted octanol–water partition coefficient (Wildman–Crippen LogP) is 4.45. The van der Waals surface area contributed by atoms with Gasteiger partial charge in [-0.15, -0.1) is 0 Å². The summed E-state index contributed by atoms with van der Waals surface area (Å²) in [6, 6.07) is 0.886. The second-order valence-electron chi connectivity index (χ2n) is 5.24. The van der Waals surface area contributed by atoms with E-state index in [9.17, 15) is 0 Å². The van der Waals surface area contributed by atoms with E-state index < -0.39 is 0 Å². The van der Waals surface area contributed by atoms with Crippen LogP contribution in [0.5, 0.6) is 0 Å². The Morgan fingerprint density at radius 2 is 2.06 bits per heavy atom. The maximum atomic E-state index is 3.68. The van der Waals surface area contributed by atoms with Gasteiger partial charge in [0.1, 0.15) is 0 Å². The minimum Gasteiger partial charge on any atom is -0.300 e. The summed E-state index contributed by atoms with van der Waals surface area (Å²) in [5, 5.41) is 1.18. The van der Waals surface area contributed by atoms with Crippen molar-refractivity contribution in [2.75, 3.05) is 18.4 Å². The van der Waals surface area contributed by atoms with Crippen LogP contribution >= 0.6 is 15.9 Å².